The Hall–Kier alpha value is -0.160. The van der Waals surface area contributed by atoms with Gasteiger partial charge in [0.25, 0.3) is 0 Å². The number of halogens is 2. The van der Waals surface area contributed by atoms with Crippen LogP contribution in [0.2, 0.25) is 5.02 Å². The van der Waals surface area contributed by atoms with Gasteiger partial charge in [-0.3, -0.25) is 4.79 Å². The summed E-state index contributed by atoms with van der Waals surface area (Å²) in [5, 5.41) is 0.469. The summed E-state index contributed by atoms with van der Waals surface area (Å²) < 4.78 is 0.789. The maximum atomic E-state index is 10.9. The van der Waals surface area contributed by atoms with Gasteiger partial charge in [0.05, 0.1) is 10.6 Å². The van der Waals surface area contributed by atoms with Crippen LogP contribution in [0.1, 0.15) is 17.3 Å². The van der Waals surface area contributed by atoms with Crippen LogP contribution in [-0.4, -0.2) is 10.8 Å². The molecule has 0 aliphatic rings. The van der Waals surface area contributed by atoms with Crippen molar-refractivity contribution >= 4 is 40.0 Å². The third kappa shape index (κ3) is 2.13. The number of ketones is 1. The lowest BCUT2D eigenvalue weighted by molar-refractivity contribution is 0.101. The van der Waals surface area contributed by atoms with E-state index in [0.29, 0.717) is 10.6 Å². The molecule has 0 radical (unpaired) electrons. The third-order valence-electron chi connectivity index (χ3n) is 1.20. The molecule has 0 amide bonds. The lowest BCUT2D eigenvalue weighted by Gasteiger charge is -1.97. The van der Waals surface area contributed by atoms with E-state index in [1.807, 2.05) is 22.6 Å². The number of carbonyl (C=O) groups is 1. The first kappa shape index (κ1) is 8.93. The maximum Gasteiger partial charge on any atom is 0.162 e. The van der Waals surface area contributed by atoms with E-state index in [9.17, 15) is 4.79 Å². The molecule has 0 saturated carbocycles. The van der Waals surface area contributed by atoms with Crippen LogP contribution in [0.5, 0.6) is 0 Å². The molecule has 0 bridgehead atoms. The summed E-state index contributed by atoms with van der Waals surface area (Å²) in [5.74, 6) is -0.0566. The van der Waals surface area contributed by atoms with Gasteiger partial charge >= 0.3 is 0 Å². The fourth-order valence-corrected chi connectivity index (χ4v) is 1.59. The highest BCUT2D eigenvalue weighted by Gasteiger charge is 2.05. The van der Waals surface area contributed by atoms with Gasteiger partial charge in [-0.2, -0.15) is 0 Å². The van der Waals surface area contributed by atoms with E-state index in [4.69, 9.17) is 11.6 Å². The fraction of sp³-hybridized carbons (Fsp3) is 0.143. The molecule has 4 heteroatoms. The zero-order valence-corrected chi connectivity index (χ0v) is 8.68. The molecule has 0 aromatic carbocycles. The molecule has 1 rings (SSSR count). The van der Waals surface area contributed by atoms with Gasteiger partial charge in [0.1, 0.15) is 3.70 Å². The lowest BCUT2D eigenvalue weighted by Crippen LogP contribution is -1.95. The molecule has 0 atom stereocenters. The smallest absolute Gasteiger partial charge is 0.162 e. The predicted molar refractivity (Wildman–Crippen MR) is 52.0 cm³/mol. The molecule has 0 spiro atoms. The molecule has 0 aliphatic heterocycles. The number of pyridine rings is 1. The molecule has 11 heavy (non-hydrogen) atoms. The second-order valence-corrected chi connectivity index (χ2v) is 3.56. The van der Waals surface area contributed by atoms with E-state index >= 15 is 0 Å². The van der Waals surface area contributed by atoms with Crippen LogP contribution in [0.25, 0.3) is 0 Å². The first-order valence-electron chi connectivity index (χ1n) is 2.93. The van der Waals surface area contributed by atoms with Gasteiger partial charge in [-0.15, -0.1) is 0 Å². The average Bonchev–Trinajstić information content (AvgIpc) is 1.85. The summed E-state index contributed by atoms with van der Waals surface area (Å²) in [5.41, 5.74) is 0.479. The molecule has 0 fully saturated rings. The van der Waals surface area contributed by atoms with E-state index in [2.05, 4.69) is 4.98 Å². The Morgan fingerprint density at radius 2 is 2.36 bits per heavy atom. The van der Waals surface area contributed by atoms with Crippen LogP contribution in [0.15, 0.2) is 12.3 Å². The standard InChI is InChI=1S/C7H5ClINO/c1-4(11)5-3-10-7(9)2-6(5)8/h2-3H,1H3. The van der Waals surface area contributed by atoms with Crippen molar-refractivity contribution in [2.24, 2.45) is 0 Å². The number of aromatic nitrogens is 1. The minimum Gasteiger partial charge on any atom is -0.294 e. The summed E-state index contributed by atoms with van der Waals surface area (Å²) in [6, 6.07) is 1.67. The molecular formula is C7H5ClINO. The van der Waals surface area contributed by atoms with E-state index in [-0.39, 0.29) is 5.78 Å². The van der Waals surface area contributed by atoms with Crippen LogP contribution in [0.3, 0.4) is 0 Å². The van der Waals surface area contributed by atoms with Gasteiger partial charge in [0.15, 0.2) is 5.78 Å². The van der Waals surface area contributed by atoms with Crippen LogP contribution in [-0.2, 0) is 0 Å². The molecule has 0 unspecified atom stereocenters. The summed E-state index contributed by atoms with van der Waals surface area (Å²) in [6.07, 6.45) is 1.49. The number of rotatable bonds is 1. The SMILES string of the molecule is CC(=O)c1cnc(I)cc1Cl. The largest absolute Gasteiger partial charge is 0.294 e. The van der Waals surface area contributed by atoms with Gasteiger partial charge in [-0.25, -0.2) is 4.98 Å². The molecule has 2 nitrogen and oxygen atoms in total. The summed E-state index contributed by atoms with van der Waals surface area (Å²) in [7, 11) is 0. The van der Waals surface area contributed by atoms with Crippen LogP contribution >= 0.6 is 34.2 Å². The van der Waals surface area contributed by atoms with Crippen molar-refractivity contribution in [3.8, 4) is 0 Å². The van der Waals surface area contributed by atoms with Gasteiger partial charge in [0, 0.05) is 6.20 Å². The van der Waals surface area contributed by atoms with Gasteiger partial charge in [-0.05, 0) is 35.6 Å². The molecule has 0 aliphatic carbocycles. The van der Waals surface area contributed by atoms with Crippen molar-refractivity contribution < 1.29 is 4.79 Å². The van der Waals surface area contributed by atoms with E-state index in [0.717, 1.165) is 3.70 Å². The molecule has 1 heterocycles. The third-order valence-corrected chi connectivity index (χ3v) is 2.10. The number of Topliss-reactive ketones (excluding diaryl/α,β-unsaturated/α-hetero) is 1. The minimum absolute atomic E-state index is 0.0566. The van der Waals surface area contributed by atoms with Crippen molar-refractivity contribution in [1.82, 2.24) is 4.98 Å². The Balaban J connectivity index is 3.20. The Morgan fingerprint density at radius 3 is 2.82 bits per heavy atom. The van der Waals surface area contributed by atoms with Crippen LogP contribution < -0.4 is 0 Å². The van der Waals surface area contributed by atoms with Crippen molar-refractivity contribution in [3.05, 3.63) is 26.5 Å². The minimum atomic E-state index is -0.0566. The molecule has 0 N–H and O–H groups in total. The molecule has 0 saturated heterocycles. The van der Waals surface area contributed by atoms with Crippen molar-refractivity contribution in [1.29, 1.82) is 0 Å². The van der Waals surface area contributed by atoms with Crippen LogP contribution in [0.4, 0.5) is 0 Å². The van der Waals surface area contributed by atoms with Crippen molar-refractivity contribution in [2.75, 3.05) is 0 Å². The Morgan fingerprint density at radius 1 is 1.73 bits per heavy atom. The summed E-state index contributed by atoms with van der Waals surface area (Å²) >= 11 is 7.80. The molecule has 1 aromatic heterocycles. The van der Waals surface area contributed by atoms with E-state index < -0.39 is 0 Å². The average molecular weight is 281 g/mol. The number of hydrogen-bond donors (Lipinski definition) is 0. The fourth-order valence-electron chi connectivity index (χ4n) is 0.667. The van der Waals surface area contributed by atoms with Crippen LogP contribution in [0, 0.1) is 3.70 Å². The highest BCUT2D eigenvalue weighted by molar-refractivity contribution is 14.1. The zero-order chi connectivity index (χ0) is 8.43. The monoisotopic (exact) mass is 281 g/mol. The topological polar surface area (TPSA) is 30.0 Å². The van der Waals surface area contributed by atoms with Crippen molar-refractivity contribution in [3.63, 3.8) is 0 Å². The van der Waals surface area contributed by atoms with E-state index in [1.165, 1.54) is 13.1 Å². The van der Waals surface area contributed by atoms with Gasteiger partial charge in [-0.1, -0.05) is 11.6 Å². The second-order valence-electron chi connectivity index (χ2n) is 2.04. The normalized spacial score (nSPS) is 9.73. The Kier molecular flexibility index (Phi) is 2.84. The first-order chi connectivity index (χ1) is 5.11. The highest BCUT2D eigenvalue weighted by Crippen LogP contribution is 2.16. The zero-order valence-electron chi connectivity index (χ0n) is 5.77. The Bertz CT molecular complexity index is 300. The van der Waals surface area contributed by atoms with Gasteiger partial charge < -0.3 is 0 Å². The molecular weight excluding hydrogens is 276 g/mol. The Labute approximate surface area is 83.1 Å². The summed E-state index contributed by atoms with van der Waals surface area (Å²) in [6.45, 7) is 1.47. The predicted octanol–water partition coefficient (Wildman–Crippen LogP) is 2.54. The van der Waals surface area contributed by atoms with Gasteiger partial charge in [0.2, 0.25) is 0 Å². The molecule has 58 valence electrons. The first-order valence-corrected chi connectivity index (χ1v) is 4.39. The van der Waals surface area contributed by atoms with Crippen molar-refractivity contribution in [2.45, 2.75) is 6.92 Å². The van der Waals surface area contributed by atoms with E-state index in [1.54, 1.807) is 6.07 Å². The maximum absolute atomic E-state index is 10.9. The highest BCUT2D eigenvalue weighted by atomic mass is 127. The lowest BCUT2D eigenvalue weighted by atomic mass is 10.2. The number of carbonyl (C=O) groups excluding carboxylic acids is 1. The molecule has 1 aromatic rings. The number of hydrogen-bond acceptors (Lipinski definition) is 2. The second kappa shape index (κ2) is 3.49. The number of nitrogens with zero attached hydrogens (tertiary/aromatic N) is 1. The quantitative estimate of drug-likeness (QED) is 0.450. The summed E-state index contributed by atoms with van der Waals surface area (Å²) in [4.78, 5) is 14.8.